The largest absolute Gasteiger partial charge is 0.469 e. The lowest BCUT2D eigenvalue weighted by molar-refractivity contribution is -0.170. The predicted molar refractivity (Wildman–Crippen MR) is 142 cm³/mol. The quantitative estimate of drug-likeness (QED) is 0.403. The van der Waals surface area contributed by atoms with Crippen molar-refractivity contribution in [1.29, 1.82) is 0 Å². The third-order valence-electron chi connectivity index (χ3n) is 11.5. The number of esters is 2. The fourth-order valence-electron chi connectivity index (χ4n) is 9.51. The molecule has 5 rings (SSSR count). The monoisotopic (exact) mass is 508 g/mol. The molecule has 0 bridgehead atoms. The van der Waals surface area contributed by atoms with Crippen LogP contribution >= 0.6 is 0 Å². The second-order valence-corrected chi connectivity index (χ2v) is 13.1. The van der Waals surface area contributed by atoms with Crippen LogP contribution in [0.1, 0.15) is 95.3 Å². The van der Waals surface area contributed by atoms with Gasteiger partial charge >= 0.3 is 11.9 Å². The minimum absolute atomic E-state index is 0.124. The van der Waals surface area contributed by atoms with Gasteiger partial charge in [-0.25, -0.2) is 4.79 Å². The summed E-state index contributed by atoms with van der Waals surface area (Å²) in [7, 11) is 1.47. The molecule has 1 aromatic rings. The molecular weight excluding hydrogens is 464 g/mol. The van der Waals surface area contributed by atoms with Crippen LogP contribution in [0.3, 0.4) is 0 Å². The Bertz CT molecular complexity index is 1020. The Balaban J connectivity index is 1.43. The van der Waals surface area contributed by atoms with Crippen molar-refractivity contribution in [3.05, 3.63) is 35.9 Å². The number of carbonyl (C=O) groups is 3. The van der Waals surface area contributed by atoms with Crippen LogP contribution in [0.2, 0.25) is 0 Å². The van der Waals surface area contributed by atoms with E-state index in [0.29, 0.717) is 66.1 Å². The zero-order valence-electron chi connectivity index (χ0n) is 23.0. The Hall–Kier alpha value is -2.17. The van der Waals surface area contributed by atoms with Gasteiger partial charge in [-0.15, -0.1) is 0 Å². The van der Waals surface area contributed by atoms with E-state index in [1.807, 2.05) is 30.3 Å². The number of carbonyl (C=O) groups excluding carboxylic acids is 3. The number of methoxy groups -OCH3 is 1. The number of ketones is 1. The highest BCUT2D eigenvalue weighted by Gasteiger charge is 2.63. The van der Waals surface area contributed by atoms with Crippen LogP contribution in [-0.4, -0.2) is 30.9 Å². The first-order chi connectivity index (χ1) is 17.7. The average Bonchev–Trinajstić information content (AvgIpc) is 3.25. The maximum absolute atomic E-state index is 13.3. The summed E-state index contributed by atoms with van der Waals surface area (Å²) >= 11 is 0. The molecule has 0 amide bonds. The van der Waals surface area contributed by atoms with Gasteiger partial charge in [0, 0.05) is 25.2 Å². The molecule has 5 nitrogen and oxygen atoms in total. The van der Waals surface area contributed by atoms with Gasteiger partial charge in [0.1, 0.15) is 11.9 Å². The highest BCUT2D eigenvalue weighted by Crippen LogP contribution is 2.68. The SMILES string of the molecule is COC(=O)CCC(C)C1CCC2C3C(OC(=O)c4ccccc4)CC4CC(=O)CCC4(C)C3CCC12C. The summed E-state index contributed by atoms with van der Waals surface area (Å²) in [6.07, 6.45) is 8.95. The highest BCUT2D eigenvalue weighted by atomic mass is 16.5. The molecule has 9 unspecified atom stereocenters. The minimum atomic E-state index is -0.233. The van der Waals surface area contributed by atoms with E-state index in [-0.39, 0.29) is 28.9 Å². The normalized spacial score (nSPS) is 39.6. The lowest BCUT2D eigenvalue weighted by atomic mass is 9.43. The maximum atomic E-state index is 13.3. The minimum Gasteiger partial charge on any atom is -0.469 e. The van der Waals surface area contributed by atoms with E-state index in [2.05, 4.69) is 20.8 Å². The van der Waals surface area contributed by atoms with Crippen molar-refractivity contribution in [3.63, 3.8) is 0 Å². The Labute approximate surface area is 222 Å². The Morgan fingerprint density at radius 3 is 2.49 bits per heavy atom. The van der Waals surface area contributed by atoms with E-state index in [4.69, 9.17) is 9.47 Å². The van der Waals surface area contributed by atoms with Crippen molar-refractivity contribution in [2.75, 3.05) is 7.11 Å². The number of hydrogen-bond acceptors (Lipinski definition) is 5. The molecule has 0 aliphatic heterocycles. The standard InChI is InChI=1S/C32H44O5/c1-20(10-13-28(34)36-4)24-11-12-25-29-26(15-17-32(24,25)3)31(2)16-14-23(33)18-22(31)19-27(29)37-30(35)21-8-6-5-7-9-21/h5-9,20,22,24-27,29H,10-19H2,1-4H3. The molecule has 0 N–H and O–H groups in total. The van der Waals surface area contributed by atoms with E-state index < -0.39 is 0 Å². The molecule has 0 aromatic heterocycles. The zero-order valence-corrected chi connectivity index (χ0v) is 23.0. The number of hydrogen-bond donors (Lipinski definition) is 0. The van der Waals surface area contributed by atoms with E-state index in [9.17, 15) is 14.4 Å². The Morgan fingerprint density at radius 2 is 1.76 bits per heavy atom. The van der Waals surface area contributed by atoms with Crippen molar-refractivity contribution in [2.45, 2.75) is 91.1 Å². The molecule has 9 atom stereocenters. The van der Waals surface area contributed by atoms with Crippen molar-refractivity contribution in [2.24, 2.45) is 46.3 Å². The van der Waals surface area contributed by atoms with Crippen molar-refractivity contribution in [1.82, 2.24) is 0 Å². The molecule has 4 saturated carbocycles. The van der Waals surface area contributed by atoms with Gasteiger partial charge in [0.2, 0.25) is 0 Å². The fraction of sp³-hybridized carbons (Fsp3) is 0.719. The van der Waals surface area contributed by atoms with Crippen LogP contribution < -0.4 is 0 Å². The summed E-state index contributed by atoms with van der Waals surface area (Å²) in [6.45, 7) is 7.23. The van der Waals surface area contributed by atoms with E-state index in [0.717, 1.165) is 32.1 Å². The predicted octanol–water partition coefficient (Wildman–Crippen LogP) is 6.64. The van der Waals surface area contributed by atoms with Gasteiger partial charge < -0.3 is 9.47 Å². The van der Waals surface area contributed by atoms with E-state index in [1.54, 1.807) is 0 Å². The molecule has 5 heteroatoms. The second-order valence-electron chi connectivity index (χ2n) is 13.1. The van der Waals surface area contributed by atoms with Crippen molar-refractivity contribution >= 4 is 17.7 Å². The molecule has 4 fully saturated rings. The summed E-state index contributed by atoms with van der Waals surface area (Å²) in [5.74, 6) is 2.64. The summed E-state index contributed by atoms with van der Waals surface area (Å²) < 4.78 is 11.3. The summed E-state index contributed by atoms with van der Waals surface area (Å²) in [5, 5.41) is 0. The topological polar surface area (TPSA) is 69.7 Å². The molecule has 1 aromatic carbocycles. The third-order valence-corrected chi connectivity index (χ3v) is 11.5. The van der Waals surface area contributed by atoms with Gasteiger partial charge in [0.15, 0.2) is 0 Å². The maximum Gasteiger partial charge on any atom is 0.338 e. The molecule has 4 aliphatic carbocycles. The van der Waals surface area contributed by atoms with Crippen molar-refractivity contribution in [3.8, 4) is 0 Å². The smallest absolute Gasteiger partial charge is 0.338 e. The van der Waals surface area contributed by atoms with Crippen LogP contribution in [-0.2, 0) is 19.1 Å². The number of benzene rings is 1. The van der Waals surface area contributed by atoms with Crippen LogP contribution in [0.15, 0.2) is 30.3 Å². The molecule has 37 heavy (non-hydrogen) atoms. The van der Waals surface area contributed by atoms with Gasteiger partial charge in [-0.05, 0) is 97.5 Å². The first kappa shape index (κ1) is 26.4. The number of fused-ring (bicyclic) bond motifs is 5. The van der Waals surface area contributed by atoms with Crippen LogP contribution in [0, 0.1) is 46.3 Å². The van der Waals surface area contributed by atoms with Gasteiger partial charge in [-0.3, -0.25) is 9.59 Å². The Morgan fingerprint density at radius 1 is 1.03 bits per heavy atom. The second kappa shape index (κ2) is 10.2. The van der Waals surface area contributed by atoms with Gasteiger partial charge in [0.05, 0.1) is 12.7 Å². The zero-order chi connectivity index (χ0) is 26.4. The number of ether oxygens (including phenoxy) is 2. The van der Waals surface area contributed by atoms with Crippen molar-refractivity contribution < 1.29 is 23.9 Å². The van der Waals surface area contributed by atoms with Crippen LogP contribution in [0.4, 0.5) is 0 Å². The van der Waals surface area contributed by atoms with Crippen LogP contribution in [0.25, 0.3) is 0 Å². The molecule has 0 spiro atoms. The molecule has 202 valence electrons. The first-order valence-corrected chi connectivity index (χ1v) is 14.5. The molecule has 0 radical (unpaired) electrons. The third kappa shape index (κ3) is 4.65. The number of Topliss-reactive ketones (excluding diaryl/α,β-unsaturated/α-hetero) is 1. The van der Waals surface area contributed by atoms with Gasteiger partial charge in [-0.1, -0.05) is 39.0 Å². The fourth-order valence-corrected chi connectivity index (χ4v) is 9.51. The summed E-state index contributed by atoms with van der Waals surface area (Å²) in [5.41, 5.74) is 0.928. The van der Waals surface area contributed by atoms with E-state index >= 15 is 0 Å². The molecule has 0 heterocycles. The van der Waals surface area contributed by atoms with Crippen LogP contribution in [0.5, 0.6) is 0 Å². The lowest BCUT2D eigenvalue weighted by Gasteiger charge is -2.62. The highest BCUT2D eigenvalue weighted by molar-refractivity contribution is 5.89. The summed E-state index contributed by atoms with van der Waals surface area (Å²) in [4.78, 5) is 37.6. The molecule has 0 saturated heterocycles. The number of rotatable bonds is 6. The van der Waals surface area contributed by atoms with E-state index in [1.165, 1.54) is 20.0 Å². The van der Waals surface area contributed by atoms with Gasteiger partial charge in [-0.2, -0.15) is 0 Å². The lowest BCUT2D eigenvalue weighted by Crippen LogP contribution is -2.59. The molecular formula is C32H44O5. The Kier molecular flexibility index (Phi) is 7.28. The first-order valence-electron chi connectivity index (χ1n) is 14.5. The average molecular weight is 509 g/mol. The molecule has 4 aliphatic rings. The summed E-state index contributed by atoms with van der Waals surface area (Å²) in [6, 6.07) is 9.34. The van der Waals surface area contributed by atoms with Gasteiger partial charge in [0.25, 0.3) is 0 Å².